The van der Waals surface area contributed by atoms with Crippen LogP contribution in [0.1, 0.15) is 37.9 Å². The fourth-order valence-corrected chi connectivity index (χ4v) is 4.56. The summed E-state index contributed by atoms with van der Waals surface area (Å²) in [7, 11) is 0. The molecule has 2 amide bonds. The number of carbonyl (C=O) groups is 2. The number of thioether (sulfide) groups is 1. The van der Waals surface area contributed by atoms with Gasteiger partial charge < -0.3 is 15.6 Å². The van der Waals surface area contributed by atoms with Crippen LogP contribution in [0.3, 0.4) is 0 Å². The molecule has 3 aromatic rings. The molecular weight excluding hydrogens is 420 g/mol. The number of nitrogens with one attached hydrogen (secondary N) is 1. The smallest absolute Gasteiger partial charge is 0.239 e. The SMILES string of the molecule is CC(Sc1nnc(C2CC2)n1CCC(N)=O)C(=O)Nc1nc(-c2ccccc2)cs1. The van der Waals surface area contributed by atoms with Crippen molar-refractivity contribution in [3.8, 4) is 11.3 Å². The normalized spacial score (nSPS) is 14.4. The van der Waals surface area contributed by atoms with Crippen LogP contribution in [0.2, 0.25) is 0 Å². The number of aromatic nitrogens is 4. The standard InChI is InChI=1S/C20H22N6O2S2/c1-12(18(28)23-19-22-15(11-29-19)13-5-3-2-4-6-13)30-20-25-24-17(14-7-8-14)26(20)10-9-16(21)27/h2-6,11-12,14H,7-10H2,1H3,(H2,21,27)(H,22,23,28). The number of hydrogen-bond acceptors (Lipinski definition) is 7. The van der Waals surface area contributed by atoms with Crippen LogP contribution in [0.4, 0.5) is 5.13 Å². The first-order valence-electron chi connectivity index (χ1n) is 9.71. The number of amides is 2. The number of carbonyl (C=O) groups excluding carboxylic acids is 2. The van der Waals surface area contributed by atoms with Crippen LogP contribution >= 0.6 is 23.1 Å². The van der Waals surface area contributed by atoms with E-state index in [1.165, 1.54) is 23.1 Å². The average Bonchev–Trinajstić information content (AvgIpc) is 3.34. The number of thiazole rings is 1. The molecule has 3 N–H and O–H groups in total. The van der Waals surface area contributed by atoms with E-state index in [2.05, 4.69) is 20.5 Å². The van der Waals surface area contributed by atoms with Crippen molar-refractivity contribution >= 4 is 40.0 Å². The molecule has 0 radical (unpaired) electrons. The summed E-state index contributed by atoms with van der Waals surface area (Å²) in [6.07, 6.45) is 2.36. The summed E-state index contributed by atoms with van der Waals surface area (Å²) < 4.78 is 1.92. The molecule has 1 fully saturated rings. The highest BCUT2D eigenvalue weighted by Crippen LogP contribution is 2.40. The highest BCUT2D eigenvalue weighted by Gasteiger charge is 2.31. The van der Waals surface area contributed by atoms with Crippen molar-refractivity contribution in [3.05, 3.63) is 41.5 Å². The Morgan fingerprint density at radius 2 is 2.07 bits per heavy atom. The number of nitrogens with zero attached hydrogens (tertiary/aromatic N) is 4. The zero-order valence-electron chi connectivity index (χ0n) is 16.4. The summed E-state index contributed by atoms with van der Waals surface area (Å²) in [6, 6.07) is 9.82. The third kappa shape index (κ3) is 4.88. The number of hydrogen-bond donors (Lipinski definition) is 2. The predicted molar refractivity (Wildman–Crippen MR) is 117 cm³/mol. The Morgan fingerprint density at radius 1 is 1.30 bits per heavy atom. The molecule has 30 heavy (non-hydrogen) atoms. The van der Waals surface area contributed by atoms with Crippen LogP contribution in [0.5, 0.6) is 0 Å². The van der Waals surface area contributed by atoms with Crippen molar-refractivity contribution in [2.24, 2.45) is 5.73 Å². The molecule has 1 aromatic carbocycles. The van der Waals surface area contributed by atoms with E-state index in [1.807, 2.05) is 47.2 Å². The van der Waals surface area contributed by atoms with Crippen LogP contribution in [-0.2, 0) is 16.1 Å². The molecule has 1 aliphatic carbocycles. The van der Waals surface area contributed by atoms with Gasteiger partial charge >= 0.3 is 0 Å². The summed E-state index contributed by atoms with van der Waals surface area (Å²) >= 11 is 2.71. The summed E-state index contributed by atoms with van der Waals surface area (Å²) in [6.45, 7) is 2.24. The molecule has 2 heterocycles. The molecule has 0 spiro atoms. The Kier molecular flexibility index (Phi) is 6.14. The largest absolute Gasteiger partial charge is 0.370 e. The number of primary amides is 1. The highest BCUT2D eigenvalue weighted by molar-refractivity contribution is 8.00. The first-order chi connectivity index (χ1) is 14.5. The van der Waals surface area contributed by atoms with Crippen LogP contribution in [0, 0.1) is 0 Å². The maximum Gasteiger partial charge on any atom is 0.239 e. The van der Waals surface area contributed by atoms with Gasteiger partial charge in [-0.2, -0.15) is 0 Å². The Labute approximate surface area is 182 Å². The number of nitrogens with two attached hydrogens (primary N) is 1. The molecule has 1 saturated carbocycles. The quantitative estimate of drug-likeness (QED) is 0.491. The summed E-state index contributed by atoms with van der Waals surface area (Å²) in [5, 5.41) is 14.1. The lowest BCUT2D eigenvalue weighted by Gasteiger charge is -2.12. The van der Waals surface area contributed by atoms with E-state index in [9.17, 15) is 9.59 Å². The van der Waals surface area contributed by atoms with Crippen molar-refractivity contribution in [2.45, 2.75) is 49.1 Å². The number of rotatable bonds is 9. The van der Waals surface area contributed by atoms with Crippen LogP contribution < -0.4 is 11.1 Å². The van der Waals surface area contributed by atoms with Crippen molar-refractivity contribution < 1.29 is 9.59 Å². The van der Waals surface area contributed by atoms with Gasteiger partial charge in [-0.1, -0.05) is 42.1 Å². The van der Waals surface area contributed by atoms with E-state index in [0.29, 0.717) is 22.8 Å². The average molecular weight is 443 g/mol. The number of anilines is 1. The highest BCUT2D eigenvalue weighted by atomic mass is 32.2. The fourth-order valence-electron chi connectivity index (χ4n) is 2.95. The zero-order chi connectivity index (χ0) is 21.1. The molecule has 1 atom stereocenters. The van der Waals surface area contributed by atoms with Gasteiger partial charge in [-0.05, 0) is 19.8 Å². The van der Waals surface area contributed by atoms with Gasteiger partial charge in [-0.15, -0.1) is 21.5 Å². The molecule has 1 unspecified atom stereocenters. The van der Waals surface area contributed by atoms with Gasteiger partial charge in [0.25, 0.3) is 0 Å². The molecule has 0 saturated heterocycles. The first-order valence-corrected chi connectivity index (χ1v) is 11.5. The van der Waals surface area contributed by atoms with Crippen molar-refractivity contribution in [1.29, 1.82) is 0 Å². The monoisotopic (exact) mass is 442 g/mol. The van der Waals surface area contributed by atoms with Gasteiger partial charge in [-0.25, -0.2) is 4.98 Å². The molecule has 2 aromatic heterocycles. The Balaban J connectivity index is 1.41. The van der Waals surface area contributed by atoms with E-state index < -0.39 is 5.25 Å². The second-order valence-electron chi connectivity index (χ2n) is 7.14. The minimum atomic E-state index is -0.405. The van der Waals surface area contributed by atoms with Gasteiger partial charge in [0.05, 0.1) is 10.9 Å². The van der Waals surface area contributed by atoms with Crippen LogP contribution in [0.15, 0.2) is 40.9 Å². The maximum atomic E-state index is 12.7. The Morgan fingerprint density at radius 3 is 2.77 bits per heavy atom. The lowest BCUT2D eigenvalue weighted by Crippen LogP contribution is -2.23. The van der Waals surface area contributed by atoms with E-state index >= 15 is 0 Å². The first kappa shape index (κ1) is 20.5. The lowest BCUT2D eigenvalue weighted by molar-refractivity contribution is -0.118. The van der Waals surface area contributed by atoms with Crippen molar-refractivity contribution in [1.82, 2.24) is 19.7 Å². The Bertz CT molecular complexity index is 1040. The van der Waals surface area contributed by atoms with E-state index in [1.54, 1.807) is 0 Å². The fraction of sp³-hybridized carbons (Fsp3) is 0.350. The van der Waals surface area contributed by atoms with E-state index in [4.69, 9.17) is 5.73 Å². The second-order valence-corrected chi connectivity index (χ2v) is 9.30. The van der Waals surface area contributed by atoms with Gasteiger partial charge in [0.2, 0.25) is 11.8 Å². The number of benzene rings is 1. The van der Waals surface area contributed by atoms with E-state index in [-0.39, 0.29) is 18.2 Å². The molecule has 1 aliphatic rings. The molecule has 8 nitrogen and oxygen atoms in total. The van der Waals surface area contributed by atoms with Crippen LogP contribution in [-0.4, -0.2) is 36.8 Å². The van der Waals surface area contributed by atoms with Crippen molar-refractivity contribution in [3.63, 3.8) is 0 Å². The van der Waals surface area contributed by atoms with Gasteiger partial charge in [0, 0.05) is 29.8 Å². The van der Waals surface area contributed by atoms with Gasteiger partial charge in [0.1, 0.15) is 5.82 Å². The molecule has 156 valence electrons. The third-order valence-electron chi connectivity index (χ3n) is 4.73. The molecule has 4 rings (SSSR count). The van der Waals surface area contributed by atoms with E-state index in [0.717, 1.165) is 29.9 Å². The minimum absolute atomic E-state index is 0.161. The summed E-state index contributed by atoms with van der Waals surface area (Å²) in [4.78, 5) is 28.4. The topological polar surface area (TPSA) is 116 Å². The zero-order valence-corrected chi connectivity index (χ0v) is 18.1. The third-order valence-corrected chi connectivity index (χ3v) is 6.56. The van der Waals surface area contributed by atoms with Crippen molar-refractivity contribution in [2.75, 3.05) is 5.32 Å². The minimum Gasteiger partial charge on any atom is -0.370 e. The predicted octanol–water partition coefficient (Wildman–Crippen LogP) is 3.27. The Hall–Kier alpha value is -2.72. The molecule has 0 aliphatic heterocycles. The summed E-state index contributed by atoms with van der Waals surface area (Å²) in [5.41, 5.74) is 7.15. The van der Waals surface area contributed by atoms with Gasteiger partial charge in [0.15, 0.2) is 10.3 Å². The molecular formula is C20H22N6O2S2. The second kappa shape index (κ2) is 8.97. The summed E-state index contributed by atoms with van der Waals surface area (Å²) in [5.74, 6) is 0.728. The lowest BCUT2D eigenvalue weighted by atomic mass is 10.2. The van der Waals surface area contributed by atoms with Crippen LogP contribution in [0.25, 0.3) is 11.3 Å². The molecule has 10 heteroatoms. The molecule has 0 bridgehead atoms. The van der Waals surface area contributed by atoms with Gasteiger partial charge in [-0.3, -0.25) is 9.59 Å². The maximum absolute atomic E-state index is 12.7.